The van der Waals surface area contributed by atoms with Gasteiger partial charge in [0.05, 0.1) is 0 Å². The van der Waals surface area contributed by atoms with E-state index in [0.29, 0.717) is 12.2 Å². The summed E-state index contributed by atoms with van der Waals surface area (Å²) in [6.07, 6.45) is 4.07. The third kappa shape index (κ3) is 2.68. The number of carbonyl (C=O) groups excluding carboxylic acids is 1. The van der Waals surface area contributed by atoms with Crippen molar-refractivity contribution < 1.29 is 4.79 Å². The first-order valence-electron chi connectivity index (χ1n) is 4.62. The summed E-state index contributed by atoms with van der Waals surface area (Å²) in [6, 6.07) is 0. The highest BCUT2D eigenvalue weighted by Gasteiger charge is 2.13. The van der Waals surface area contributed by atoms with E-state index in [0.717, 1.165) is 25.9 Å². The standard InChI is InChI=1S/C10H17NO/c1-9-5-3-7-11(9)8-4-6-10(2)12/h1,3-8H2,2H3. The van der Waals surface area contributed by atoms with E-state index in [9.17, 15) is 4.79 Å². The topological polar surface area (TPSA) is 20.3 Å². The first-order valence-corrected chi connectivity index (χ1v) is 4.62. The van der Waals surface area contributed by atoms with Gasteiger partial charge in [0.2, 0.25) is 0 Å². The highest BCUT2D eigenvalue weighted by molar-refractivity contribution is 5.75. The quantitative estimate of drug-likeness (QED) is 0.638. The van der Waals surface area contributed by atoms with Crippen LogP contribution in [-0.4, -0.2) is 23.8 Å². The summed E-state index contributed by atoms with van der Waals surface area (Å²) in [5.41, 5.74) is 1.25. The Morgan fingerprint density at radius 1 is 1.67 bits per heavy atom. The summed E-state index contributed by atoms with van der Waals surface area (Å²) in [5, 5.41) is 0. The second-order valence-electron chi connectivity index (χ2n) is 3.46. The predicted octanol–water partition coefficient (Wildman–Crippen LogP) is 1.97. The average Bonchev–Trinajstić information content (AvgIpc) is 2.36. The van der Waals surface area contributed by atoms with E-state index in [1.165, 1.54) is 12.1 Å². The molecule has 12 heavy (non-hydrogen) atoms. The lowest BCUT2D eigenvalue weighted by Crippen LogP contribution is -2.18. The lowest BCUT2D eigenvalue weighted by molar-refractivity contribution is -0.117. The number of hydrogen-bond donors (Lipinski definition) is 0. The first-order chi connectivity index (χ1) is 5.70. The van der Waals surface area contributed by atoms with E-state index in [2.05, 4.69) is 11.5 Å². The second-order valence-corrected chi connectivity index (χ2v) is 3.46. The lowest BCUT2D eigenvalue weighted by Gasteiger charge is -2.18. The van der Waals surface area contributed by atoms with Gasteiger partial charge in [0.25, 0.3) is 0 Å². The van der Waals surface area contributed by atoms with Crippen LogP contribution >= 0.6 is 0 Å². The number of Topliss-reactive ketones (excluding diaryl/α,β-unsaturated/α-hetero) is 1. The third-order valence-electron chi connectivity index (χ3n) is 2.30. The van der Waals surface area contributed by atoms with Gasteiger partial charge in [0.1, 0.15) is 5.78 Å². The summed E-state index contributed by atoms with van der Waals surface area (Å²) in [6.45, 7) is 7.77. The van der Waals surface area contributed by atoms with Gasteiger partial charge in [-0.05, 0) is 26.2 Å². The molecule has 2 nitrogen and oxygen atoms in total. The molecule has 1 aliphatic rings. The molecule has 1 heterocycles. The molecule has 0 aromatic carbocycles. The van der Waals surface area contributed by atoms with E-state index in [1.807, 2.05) is 0 Å². The van der Waals surface area contributed by atoms with E-state index >= 15 is 0 Å². The molecule has 0 bridgehead atoms. The fraction of sp³-hybridized carbons (Fsp3) is 0.700. The van der Waals surface area contributed by atoms with Gasteiger partial charge in [-0.2, -0.15) is 0 Å². The van der Waals surface area contributed by atoms with Crippen LogP contribution in [0.3, 0.4) is 0 Å². The zero-order chi connectivity index (χ0) is 8.97. The summed E-state index contributed by atoms with van der Waals surface area (Å²) in [7, 11) is 0. The Morgan fingerprint density at radius 2 is 2.42 bits per heavy atom. The maximum absolute atomic E-state index is 10.7. The molecule has 2 heteroatoms. The molecule has 0 saturated carbocycles. The van der Waals surface area contributed by atoms with Crippen molar-refractivity contribution in [3.8, 4) is 0 Å². The van der Waals surface area contributed by atoms with Gasteiger partial charge in [-0.3, -0.25) is 0 Å². The van der Waals surface area contributed by atoms with Gasteiger partial charge in [-0.1, -0.05) is 6.58 Å². The van der Waals surface area contributed by atoms with Crippen molar-refractivity contribution in [2.24, 2.45) is 0 Å². The van der Waals surface area contributed by atoms with Crippen LogP contribution in [0.15, 0.2) is 12.3 Å². The zero-order valence-corrected chi connectivity index (χ0v) is 7.81. The van der Waals surface area contributed by atoms with Gasteiger partial charge in [-0.25, -0.2) is 0 Å². The summed E-state index contributed by atoms with van der Waals surface area (Å²) in [4.78, 5) is 13.0. The number of carbonyl (C=O) groups is 1. The van der Waals surface area contributed by atoms with Crippen LogP contribution < -0.4 is 0 Å². The van der Waals surface area contributed by atoms with Crippen molar-refractivity contribution in [1.82, 2.24) is 4.90 Å². The highest BCUT2D eigenvalue weighted by Crippen LogP contribution is 2.18. The summed E-state index contributed by atoms with van der Waals surface area (Å²) >= 11 is 0. The van der Waals surface area contributed by atoms with Crippen molar-refractivity contribution in [3.05, 3.63) is 12.3 Å². The van der Waals surface area contributed by atoms with Gasteiger partial charge >= 0.3 is 0 Å². The van der Waals surface area contributed by atoms with Gasteiger partial charge in [-0.15, -0.1) is 0 Å². The molecule has 0 aliphatic carbocycles. The molecule has 0 N–H and O–H groups in total. The zero-order valence-electron chi connectivity index (χ0n) is 7.81. The van der Waals surface area contributed by atoms with E-state index in [-0.39, 0.29) is 0 Å². The van der Waals surface area contributed by atoms with Crippen molar-refractivity contribution in [2.75, 3.05) is 13.1 Å². The van der Waals surface area contributed by atoms with Gasteiger partial charge < -0.3 is 9.69 Å². The Balaban J connectivity index is 2.14. The first kappa shape index (κ1) is 9.30. The minimum absolute atomic E-state index is 0.291. The van der Waals surface area contributed by atoms with Crippen LogP contribution in [0.2, 0.25) is 0 Å². The maximum atomic E-state index is 10.7. The minimum atomic E-state index is 0.291. The van der Waals surface area contributed by atoms with E-state index in [4.69, 9.17) is 0 Å². The molecule has 0 aromatic rings. The molecule has 0 spiro atoms. The summed E-state index contributed by atoms with van der Waals surface area (Å²) < 4.78 is 0. The molecule has 0 atom stereocenters. The molecule has 0 amide bonds. The monoisotopic (exact) mass is 167 g/mol. The number of hydrogen-bond acceptors (Lipinski definition) is 2. The number of likely N-dealkylation sites (tertiary alicyclic amines) is 1. The Labute approximate surface area is 74.2 Å². The molecule has 1 saturated heterocycles. The number of allylic oxidation sites excluding steroid dienone is 1. The molecular formula is C10H17NO. The maximum Gasteiger partial charge on any atom is 0.129 e. The van der Waals surface area contributed by atoms with Crippen LogP contribution in [0, 0.1) is 0 Å². The van der Waals surface area contributed by atoms with E-state index < -0.39 is 0 Å². The molecule has 1 rings (SSSR count). The highest BCUT2D eigenvalue weighted by atomic mass is 16.1. The van der Waals surface area contributed by atoms with Crippen molar-refractivity contribution >= 4 is 5.78 Å². The van der Waals surface area contributed by atoms with Crippen LogP contribution in [0.4, 0.5) is 0 Å². The fourth-order valence-electron chi connectivity index (χ4n) is 1.58. The average molecular weight is 167 g/mol. The largest absolute Gasteiger partial charge is 0.375 e. The Hall–Kier alpha value is -0.790. The SMILES string of the molecule is C=C1CCCN1CCCC(C)=O. The summed E-state index contributed by atoms with van der Waals surface area (Å²) in [5.74, 6) is 0.291. The van der Waals surface area contributed by atoms with Gasteiger partial charge in [0.15, 0.2) is 0 Å². The number of nitrogens with zero attached hydrogens (tertiary/aromatic N) is 1. The van der Waals surface area contributed by atoms with Crippen molar-refractivity contribution in [2.45, 2.75) is 32.6 Å². The van der Waals surface area contributed by atoms with Crippen molar-refractivity contribution in [3.63, 3.8) is 0 Å². The Kier molecular flexibility index (Phi) is 3.32. The molecule has 68 valence electrons. The molecule has 0 radical (unpaired) electrons. The molecule has 0 aromatic heterocycles. The normalized spacial score (nSPS) is 17.1. The smallest absolute Gasteiger partial charge is 0.129 e. The van der Waals surface area contributed by atoms with Crippen molar-refractivity contribution in [1.29, 1.82) is 0 Å². The third-order valence-corrected chi connectivity index (χ3v) is 2.30. The molecule has 1 fully saturated rings. The lowest BCUT2D eigenvalue weighted by atomic mass is 10.2. The Morgan fingerprint density at radius 3 is 2.92 bits per heavy atom. The molecule has 1 aliphatic heterocycles. The number of rotatable bonds is 4. The van der Waals surface area contributed by atoms with Crippen LogP contribution in [-0.2, 0) is 4.79 Å². The van der Waals surface area contributed by atoms with E-state index in [1.54, 1.807) is 6.92 Å². The predicted molar refractivity (Wildman–Crippen MR) is 49.9 cm³/mol. The Bertz CT molecular complexity index is 186. The minimum Gasteiger partial charge on any atom is -0.375 e. The van der Waals surface area contributed by atoms with Crippen LogP contribution in [0.5, 0.6) is 0 Å². The number of ketones is 1. The van der Waals surface area contributed by atoms with Crippen LogP contribution in [0.25, 0.3) is 0 Å². The molecular weight excluding hydrogens is 150 g/mol. The van der Waals surface area contributed by atoms with Crippen LogP contribution in [0.1, 0.15) is 32.6 Å². The second kappa shape index (κ2) is 4.29. The van der Waals surface area contributed by atoms with Gasteiger partial charge in [0, 0.05) is 25.2 Å². The molecule has 0 unspecified atom stereocenters. The fourth-order valence-corrected chi connectivity index (χ4v) is 1.58.